The van der Waals surface area contributed by atoms with E-state index in [1.165, 1.54) is 7.11 Å². The van der Waals surface area contributed by atoms with Crippen LogP contribution in [0.4, 0.5) is 24.8 Å². The molecule has 0 radical (unpaired) electrons. The Morgan fingerprint density at radius 2 is 2.00 bits per heavy atom. The molecule has 0 unspecified atom stereocenters. The molecule has 24 heavy (non-hydrogen) atoms. The normalized spacial score (nSPS) is 11.5. The van der Waals surface area contributed by atoms with E-state index in [2.05, 4.69) is 15.3 Å². The molecule has 0 aliphatic rings. The highest BCUT2D eigenvalue weighted by Crippen LogP contribution is 2.35. The van der Waals surface area contributed by atoms with E-state index in [0.29, 0.717) is 17.6 Å². The molecule has 0 bridgehead atoms. The molecule has 0 aliphatic heterocycles. The minimum atomic E-state index is -4.58. The van der Waals surface area contributed by atoms with Crippen LogP contribution in [0.25, 0.3) is 0 Å². The summed E-state index contributed by atoms with van der Waals surface area (Å²) in [6.07, 6.45) is -3.87. The van der Waals surface area contributed by atoms with Crippen LogP contribution in [-0.2, 0) is 6.18 Å². The zero-order chi connectivity index (χ0) is 17.7. The Morgan fingerprint density at radius 3 is 2.62 bits per heavy atom. The van der Waals surface area contributed by atoms with Gasteiger partial charge in [-0.3, -0.25) is 0 Å². The maximum Gasteiger partial charge on any atom is 0.423 e. The highest BCUT2D eigenvalue weighted by molar-refractivity contribution is 5.56. The molecule has 1 aromatic heterocycles. The molecule has 1 N–H and O–H groups in total. The van der Waals surface area contributed by atoms with Crippen LogP contribution in [0.15, 0.2) is 30.5 Å². The number of benzene rings is 1. The molecule has 0 saturated heterocycles. The van der Waals surface area contributed by atoms with E-state index in [1.54, 1.807) is 24.3 Å². The van der Waals surface area contributed by atoms with Crippen LogP contribution in [0.5, 0.6) is 11.6 Å². The lowest BCUT2D eigenvalue weighted by Crippen LogP contribution is -2.14. The quantitative estimate of drug-likeness (QED) is 0.850. The first-order valence-electron chi connectivity index (χ1n) is 7.27. The smallest absolute Gasteiger partial charge is 0.423 e. The monoisotopic (exact) mass is 341 g/mol. The average Bonchev–Trinajstić information content (AvgIpc) is 2.52. The summed E-state index contributed by atoms with van der Waals surface area (Å²) >= 11 is 0. The maximum atomic E-state index is 13.0. The van der Waals surface area contributed by atoms with E-state index >= 15 is 0 Å². The predicted octanol–water partition coefficient (Wildman–Crippen LogP) is 4.28. The van der Waals surface area contributed by atoms with Gasteiger partial charge in [0.2, 0.25) is 11.8 Å². The molecule has 0 saturated carbocycles. The summed E-state index contributed by atoms with van der Waals surface area (Å²) in [4.78, 5) is 7.58. The van der Waals surface area contributed by atoms with Crippen molar-refractivity contribution in [2.75, 3.05) is 19.0 Å². The molecule has 130 valence electrons. The Balaban J connectivity index is 2.28. The largest absolute Gasteiger partial charge is 0.497 e. The molecule has 1 heterocycles. The molecular weight excluding hydrogens is 323 g/mol. The van der Waals surface area contributed by atoms with Crippen LogP contribution in [0.1, 0.15) is 19.4 Å². The molecule has 1 aromatic carbocycles. The van der Waals surface area contributed by atoms with E-state index < -0.39 is 17.6 Å². The van der Waals surface area contributed by atoms with Crippen molar-refractivity contribution < 1.29 is 22.6 Å². The van der Waals surface area contributed by atoms with Gasteiger partial charge in [-0.2, -0.15) is 18.2 Å². The van der Waals surface area contributed by atoms with Crippen LogP contribution in [-0.4, -0.2) is 23.7 Å². The second-order valence-corrected chi connectivity index (χ2v) is 5.47. The molecule has 0 atom stereocenters. The van der Waals surface area contributed by atoms with Gasteiger partial charge in [-0.05, 0) is 18.1 Å². The number of anilines is 2. The third-order valence-electron chi connectivity index (χ3n) is 2.94. The number of hydrogen-bond donors (Lipinski definition) is 1. The Bertz CT molecular complexity index is 691. The second-order valence-electron chi connectivity index (χ2n) is 5.47. The van der Waals surface area contributed by atoms with Gasteiger partial charge in [-0.25, -0.2) is 4.98 Å². The summed E-state index contributed by atoms with van der Waals surface area (Å²) in [5, 5.41) is 2.84. The van der Waals surface area contributed by atoms with Crippen molar-refractivity contribution in [1.29, 1.82) is 0 Å². The van der Waals surface area contributed by atoms with Gasteiger partial charge < -0.3 is 14.8 Å². The fraction of sp³-hybridized carbons (Fsp3) is 0.375. The first-order chi connectivity index (χ1) is 11.3. The molecule has 2 rings (SSSR count). The summed E-state index contributed by atoms with van der Waals surface area (Å²) in [5.74, 6) is 0.186. The zero-order valence-electron chi connectivity index (χ0n) is 13.5. The summed E-state index contributed by atoms with van der Waals surface area (Å²) in [6, 6.07) is 6.88. The fourth-order valence-corrected chi connectivity index (χ4v) is 1.81. The van der Waals surface area contributed by atoms with Gasteiger partial charge in [-0.15, -0.1) is 0 Å². The number of methoxy groups -OCH3 is 1. The number of ether oxygens (including phenoxy) is 2. The lowest BCUT2D eigenvalue weighted by molar-refractivity contribution is -0.139. The predicted molar refractivity (Wildman–Crippen MR) is 83.6 cm³/mol. The van der Waals surface area contributed by atoms with Crippen molar-refractivity contribution in [2.24, 2.45) is 5.92 Å². The van der Waals surface area contributed by atoms with Gasteiger partial charge in [0.1, 0.15) is 11.3 Å². The molecule has 0 aliphatic carbocycles. The average molecular weight is 341 g/mol. The molecule has 2 aromatic rings. The number of halogens is 3. The molecule has 0 amide bonds. The Kier molecular flexibility index (Phi) is 5.48. The number of aromatic nitrogens is 2. The maximum absolute atomic E-state index is 13.0. The van der Waals surface area contributed by atoms with Crippen molar-refractivity contribution in [2.45, 2.75) is 20.0 Å². The number of alkyl halides is 3. The third kappa shape index (κ3) is 4.74. The standard InChI is InChI=1S/C16H18F3N3O2/c1-10(2)9-24-14-13(16(17,18)19)8-20-15(22-14)21-11-5-4-6-12(7-11)23-3/h4-8,10H,9H2,1-3H3,(H,20,21,22). The fourth-order valence-electron chi connectivity index (χ4n) is 1.81. The van der Waals surface area contributed by atoms with Crippen LogP contribution in [0.2, 0.25) is 0 Å². The summed E-state index contributed by atoms with van der Waals surface area (Å²) < 4.78 is 49.4. The van der Waals surface area contributed by atoms with E-state index in [9.17, 15) is 13.2 Å². The number of nitrogens with one attached hydrogen (secondary N) is 1. The van der Waals surface area contributed by atoms with Gasteiger partial charge in [-0.1, -0.05) is 19.9 Å². The van der Waals surface area contributed by atoms with E-state index in [-0.39, 0.29) is 18.5 Å². The molecule has 5 nitrogen and oxygen atoms in total. The highest BCUT2D eigenvalue weighted by atomic mass is 19.4. The lowest BCUT2D eigenvalue weighted by Gasteiger charge is -2.15. The van der Waals surface area contributed by atoms with Gasteiger partial charge in [0.05, 0.1) is 13.7 Å². The lowest BCUT2D eigenvalue weighted by atomic mass is 10.2. The molecule has 8 heteroatoms. The number of nitrogens with zero attached hydrogens (tertiary/aromatic N) is 2. The van der Waals surface area contributed by atoms with Crippen molar-refractivity contribution in [3.63, 3.8) is 0 Å². The van der Waals surface area contributed by atoms with Crippen LogP contribution < -0.4 is 14.8 Å². The van der Waals surface area contributed by atoms with Gasteiger partial charge in [0, 0.05) is 18.0 Å². The van der Waals surface area contributed by atoms with E-state index in [4.69, 9.17) is 9.47 Å². The number of hydrogen-bond acceptors (Lipinski definition) is 5. The Morgan fingerprint density at radius 1 is 1.25 bits per heavy atom. The minimum Gasteiger partial charge on any atom is -0.497 e. The summed E-state index contributed by atoms with van der Waals surface area (Å²) in [6.45, 7) is 3.80. The van der Waals surface area contributed by atoms with Crippen LogP contribution in [0.3, 0.4) is 0 Å². The van der Waals surface area contributed by atoms with E-state index in [1.807, 2.05) is 13.8 Å². The number of rotatable bonds is 6. The Labute approximate surface area is 137 Å². The summed E-state index contributed by atoms with van der Waals surface area (Å²) in [7, 11) is 1.52. The zero-order valence-corrected chi connectivity index (χ0v) is 13.5. The first-order valence-corrected chi connectivity index (χ1v) is 7.27. The first kappa shape index (κ1) is 17.8. The topological polar surface area (TPSA) is 56.3 Å². The SMILES string of the molecule is COc1cccc(Nc2ncc(C(F)(F)F)c(OCC(C)C)n2)c1. The van der Waals surface area contributed by atoms with Gasteiger partial charge >= 0.3 is 6.18 Å². The van der Waals surface area contributed by atoms with Crippen molar-refractivity contribution in [3.05, 3.63) is 36.0 Å². The van der Waals surface area contributed by atoms with Crippen LogP contribution >= 0.6 is 0 Å². The van der Waals surface area contributed by atoms with Crippen LogP contribution in [0, 0.1) is 5.92 Å². The van der Waals surface area contributed by atoms with Gasteiger partial charge in [0.25, 0.3) is 0 Å². The van der Waals surface area contributed by atoms with Crippen molar-refractivity contribution in [3.8, 4) is 11.6 Å². The second kappa shape index (κ2) is 7.37. The molecule has 0 fully saturated rings. The minimum absolute atomic E-state index is 0.00927. The summed E-state index contributed by atoms with van der Waals surface area (Å²) in [5.41, 5.74) is -0.414. The molecule has 0 spiro atoms. The van der Waals surface area contributed by atoms with Crippen molar-refractivity contribution in [1.82, 2.24) is 9.97 Å². The Hall–Kier alpha value is -2.51. The highest BCUT2D eigenvalue weighted by Gasteiger charge is 2.36. The van der Waals surface area contributed by atoms with Gasteiger partial charge in [0.15, 0.2) is 0 Å². The molecular formula is C16H18F3N3O2. The van der Waals surface area contributed by atoms with Crippen molar-refractivity contribution >= 4 is 11.6 Å². The third-order valence-corrected chi connectivity index (χ3v) is 2.94. The van der Waals surface area contributed by atoms with E-state index in [0.717, 1.165) is 0 Å².